The van der Waals surface area contributed by atoms with Crippen LogP contribution in [0.4, 0.5) is 0 Å². The molecule has 4 bridgehead atoms. The Morgan fingerprint density at radius 2 is 1.30 bits per heavy atom. The second-order valence-corrected chi connectivity index (χ2v) is 28.4. The van der Waals surface area contributed by atoms with Gasteiger partial charge in [-0.3, -0.25) is 0 Å². The first-order chi connectivity index (χ1) is 19.9. The number of nitrogens with one attached hydrogen (secondary N) is 2. The molecule has 0 amide bonds. The second-order valence-electron chi connectivity index (χ2n) is 17.0. The molecule has 0 aromatic heterocycles. The Morgan fingerprint density at radius 1 is 0.837 bits per heavy atom. The van der Waals surface area contributed by atoms with E-state index >= 15 is 0 Å². The third-order valence-corrected chi connectivity index (χ3v) is 18.7. The molecule has 2 N–H and O–H groups in total. The SMILES string of the molecule is C[Si](C)(C)c1c(C2(CP)C3CC4CC(C3)CC2C4)c(C(P)(C2CCNC2)C2CCNC2)c[c-]1[Si](C)(C)C.[Fe].[cH-]1[cH-][cH-][cH-][cH-]1. The van der Waals surface area contributed by atoms with Crippen molar-refractivity contribution in [3.05, 3.63) is 47.5 Å². The van der Waals surface area contributed by atoms with Gasteiger partial charge in [0.2, 0.25) is 0 Å². The molecule has 2 saturated heterocycles. The summed E-state index contributed by atoms with van der Waals surface area (Å²) < 4.78 is 0. The second kappa shape index (κ2) is 13.1. The van der Waals surface area contributed by atoms with Gasteiger partial charge in [0.05, 0.1) is 8.07 Å². The Morgan fingerprint density at radius 3 is 1.65 bits per heavy atom. The average molecular weight is 695 g/mol. The van der Waals surface area contributed by atoms with Crippen molar-refractivity contribution < 1.29 is 17.1 Å². The molecule has 6 aliphatic rings. The van der Waals surface area contributed by atoms with Crippen molar-refractivity contribution >= 4 is 45.0 Å². The van der Waals surface area contributed by atoms with Gasteiger partial charge in [0.15, 0.2) is 0 Å². The van der Waals surface area contributed by atoms with Crippen LogP contribution in [0.2, 0.25) is 39.3 Å². The molecular formula is C36H60FeN2P2Si2-6. The van der Waals surface area contributed by atoms with Crippen LogP contribution in [-0.2, 0) is 27.6 Å². The predicted octanol–water partition coefficient (Wildman–Crippen LogP) is 6.76. The van der Waals surface area contributed by atoms with Crippen molar-refractivity contribution in [3.8, 4) is 0 Å². The minimum absolute atomic E-state index is 0. The minimum atomic E-state index is -1.59. The standard InChI is InChI=1S/C31H55N2P2Si2.C5H5.Fe/c1-36(2,3)27-16-26(31(35,22-7-9-32-17-22)23-8-10-33-18-23)28(29(27)37(4,5)6)30(19-34)24-12-20-11-21(14-24)15-25(30)13-20;1-2-4-5-3-1;/h16,20-25,32-33H,7-15,17-19,34-35H2,1-6H3;1-5H;/q-1;-5;. The molecule has 4 aliphatic carbocycles. The zero-order valence-electron chi connectivity index (χ0n) is 27.9. The maximum Gasteiger partial charge on any atom is 0.0508 e. The fourth-order valence-corrected chi connectivity index (χ4v) is 18.2. The summed E-state index contributed by atoms with van der Waals surface area (Å²) in [5.74, 6) is 5.32. The van der Waals surface area contributed by atoms with E-state index in [4.69, 9.17) is 0 Å². The van der Waals surface area contributed by atoms with E-state index in [0.29, 0.717) is 5.41 Å². The summed E-state index contributed by atoms with van der Waals surface area (Å²) in [4.78, 5) is 0. The quantitative estimate of drug-likeness (QED) is 0.190. The van der Waals surface area contributed by atoms with Crippen molar-refractivity contribution in [1.29, 1.82) is 0 Å². The Bertz CT molecular complexity index is 1140. The van der Waals surface area contributed by atoms with Gasteiger partial charge < -0.3 is 41.0 Å². The third kappa shape index (κ3) is 6.12. The Hall–Kier alpha value is 0.433. The van der Waals surface area contributed by atoms with Gasteiger partial charge in [0.1, 0.15) is 0 Å². The molecule has 4 atom stereocenters. The molecule has 2 aromatic rings. The topological polar surface area (TPSA) is 24.1 Å². The van der Waals surface area contributed by atoms with Gasteiger partial charge in [0, 0.05) is 25.1 Å². The zero-order valence-corrected chi connectivity index (χ0v) is 33.3. The molecular weight excluding hydrogens is 634 g/mol. The van der Waals surface area contributed by atoms with Gasteiger partial charge in [-0.2, -0.15) is 27.6 Å². The van der Waals surface area contributed by atoms with Gasteiger partial charge in [-0.1, -0.05) is 44.7 Å². The van der Waals surface area contributed by atoms with E-state index in [9.17, 15) is 0 Å². The summed E-state index contributed by atoms with van der Waals surface area (Å²) in [5, 5.41) is 11.6. The van der Waals surface area contributed by atoms with E-state index in [1.54, 1.807) is 6.42 Å². The first-order valence-electron chi connectivity index (χ1n) is 17.3. The van der Waals surface area contributed by atoms with E-state index in [1.807, 2.05) is 51.8 Å². The molecule has 2 aromatic carbocycles. The Kier molecular flexibility index (Phi) is 10.6. The molecule has 8 rings (SSSR count). The summed E-state index contributed by atoms with van der Waals surface area (Å²) in [6.45, 7) is 20.8. The third-order valence-electron chi connectivity index (χ3n) is 12.5. The molecule has 43 heavy (non-hydrogen) atoms. The fourth-order valence-electron chi connectivity index (χ4n) is 10.8. The van der Waals surface area contributed by atoms with Gasteiger partial charge in [0.25, 0.3) is 0 Å². The zero-order chi connectivity index (χ0) is 29.9. The van der Waals surface area contributed by atoms with Crippen molar-refractivity contribution in [3.63, 3.8) is 0 Å². The van der Waals surface area contributed by atoms with E-state index in [-0.39, 0.29) is 22.2 Å². The van der Waals surface area contributed by atoms with Crippen molar-refractivity contribution in [2.45, 2.75) is 94.8 Å². The molecule has 4 saturated carbocycles. The molecule has 2 aliphatic heterocycles. The van der Waals surface area contributed by atoms with Crippen LogP contribution in [0.15, 0.2) is 36.4 Å². The van der Waals surface area contributed by atoms with Gasteiger partial charge >= 0.3 is 0 Å². The molecule has 246 valence electrons. The van der Waals surface area contributed by atoms with Crippen molar-refractivity contribution in [2.24, 2.45) is 35.5 Å². The number of rotatable bonds is 7. The van der Waals surface area contributed by atoms with E-state index < -0.39 is 16.1 Å². The molecule has 2 heterocycles. The summed E-state index contributed by atoms with van der Waals surface area (Å²) >= 11 is 0. The van der Waals surface area contributed by atoms with Crippen LogP contribution in [0.1, 0.15) is 56.1 Å². The Balaban J connectivity index is 0.000000559. The van der Waals surface area contributed by atoms with Gasteiger partial charge in [-0.25, -0.2) is 0 Å². The Labute approximate surface area is 281 Å². The summed E-state index contributed by atoms with van der Waals surface area (Å²) in [6.07, 6.45) is 11.6. The fraction of sp³-hybridized carbons (Fsp3) is 0.722. The first kappa shape index (κ1) is 34.8. The number of hydrogen-bond donors (Lipinski definition) is 2. The molecule has 7 heteroatoms. The van der Waals surface area contributed by atoms with Crippen LogP contribution in [-0.4, -0.2) is 48.5 Å². The van der Waals surface area contributed by atoms with Crippen molar-refractivity contribution in [2.75, 3.05) is 32.3 Å². The minimum Gasteiger partial charge on any atom is -0.748 e. The largest absolute Gasteiger partial charge is 0.748 e. The van der Waals surface area contributed by atoms with Gasteiger partial charge in [-0.05, 0) is 118 Å². The van der Waals surface area contributed by atoms with Crippen LogP contribution in [0.5, 0.6) is 0 Å². The van der Waals surface area contributed by atoms with Gasteiger partial charge in [-0.15, -0.1) is 18.5 Å². The molecule has 0 spiro atoms. The maximum atomic E-state index is 3.81. The van der Waals surface area contributed by atoms with Crippen molar-refractivity contribution in [1.82, 2.24) is 10.6 Å². The molecule has 2 nitrogen and oxygen atoms in total. The smallest absolute Gasteiger partial charge is 0.0508 e. The summed E-state index contributed by atoms with van der Waals surface area (Å²) in [7, 11) is 3.91. The van der Waals surface area contributed by atoms with Crippen LogP contribution in [0.25, 0.3) is 0 Å². The van der Waals surface area contributed by atoms with Crippen LogP contribution in [0, 0.1) is 35.5 Å². The predicted molar refractivity (Wildman–Crippen MR) is 197 cm³/mol. The van der Waals surface area contributed by atoms with E-state index in [2.05, 4.69) is 74.5 Å². The maximum absolute atomic E-state index is 3.81. The molecule has 6 fully saturated rings. The van der Waals surface area contributed by atoms with Crippen LogP contribution >= 0.6 is 18.5 Å². The van der Waals surface area contributed by atoms with E-state index in [0.717, 1.165) is 35.5 Å². The average Bonchev–Trinajstić information content (AvgIpc) is 3.76. The van der Waals surface area contributed by atoms with E-state index in [1.165, 1.54) is 70.9 Å². The number of hydrogen-bond acceptors (Lipinski definition) is 2. The molecule has 0 radical (unpaired) electrons. The normalized spacial score (nSPS) is 34.9. The monoisotopic (exact) mass is 694 g/mol. The first-order valence-corrected chi connectivity index (χ1v) is 25.7. The summed E-state index contributed by atoms with van der Waals surface area (Å²) in [5.41, 5.74) is 4.19. The molecule has 4 unspecified atom stereocenters. The van der Waals surface area contributed by atoms with Crippen LogP contribution < -0.4 is 21.0 Å². The van der Waals surface area contributed by atoms with Crippen LogP contribution in [0.3, 0.4) is 0 Å². The summed E-state index contributed by atoms with van der Waals surface area (Å²) in [6, 6.07) is 12.9.